The van der Waals surface area contributed by atoms with Gasteiger partial charge in [-0.15, -0.1) is 11.3 Å². The third-order valence-corrected chi connectivity index (χ3v) is 6.72. The lowest BCUT2D eigenvalue weighted by Gasteiger charge is -2.33. The summed E-state index contributed by atoms with van der Waals surface area (Å²) in [5.74, 6) is -1.44. The lowest BCUT2D eigenvalue weighted by Crippen LogP contribution is -2.47. The number of rotatable bonds is 10. The quantitative estimate of drug-likeness (QED) is 0.409. The Balaban J connectivity index is 1.38. The first-order chi connectivity index (χ1) is 15.4. The number of hydrogen-bond acceptors (Lipinski definition) is 8. The van der Waals surface area contributed by atoms with Gasteiger partial charge in [0.1, 0.15) is 11.6 Å². The number of thioether (sulfide) groups is 1. The van der Waals surface area contributed by atoms with Crippen molar-refractivity contribution in [1.82, 2.24) is 15.2 Å². The van der Waals surface area contributed by atoms with Crippen LogP contribution in [0.15, 0.2) is 27.9 Å². The van der Waals surface area contributed by atoms with E-state index in [1.54, 1.807) is 12.3 Å². The summed E-state index contributed by atoms with van der Waals surface area (Å²) >= 11 is 2.68. The molecule has 1 aromatic heterocycles. The summed E-state index contributed by atoms with van der Waals surface area (Å²) in [7, 11) is 0. The molecule has 2 heterocycles. The van der Waals surface area contributed by atoms with Gasteiger partial charge in [0.15, 0.2) is 4.34 Å². The number of carbonyl (C=O) groups is 2. The molecule has 32 heavy (non-hydrogen) atoms. The van der Waals surface area contributed by atoms with Gasteiger partial charge in [0.05, 0.1) is 37.2 Å². The second-order valence-electron chi connectivity index (χ2n) is 7.14. The Morgan fingerprint density at radius 2 is 2.25 bits per heavy atom. The second kappa shape index (κ2) is 12.2. The average Bonchev–Trinajstić information content (AvgIpc) is 3.20. The Morgan fingerprint density at radius 1 is 1.41 bits per heavy atom. The molecular formula is C21H25F2N3O4S2. The summed E-state index contributed by atoms with van der Waals surface area (Å²) < 4.78 is 38.3. The van der Waals surface area contributed by atoms with Gasteiger partial charge in [0.2, 0.25) is 5.91 Å². The van der Waals surface area contributed by atoms with Gasteiger partial charge >= 0.3 is 5.97 Å². The van der Waals surface area contributed by atoms with Crippen LogP contribution in [0.4, 0.5) is 8.78 Å². The fourth-order valence-electron chi connectivity index (χ4n) is 3.14. The molecule has 3 rings (SSSR count). The minimum absolute atomic E-state index is 0.119. The largest absolute Gasteiger partial charge is 0.466 e. The maximum Gasteiger partial charge on any atom is 0.311 e. The molecule has 7 nitrogen and oxygen atoms in total. The molecule has 1 aliphatic heterocycles. The molecule has 1 saturated heterocycles. The number of thiazole rings is 1. The van der Waals surface area contributed by atoms with E-state index in [2.05, 4.69) is 10.3 Å². The fraction of sp³-hybridized carbons (Fsp3) is 0.476. The lowest BCUT2D eigenvalue weighted by molar-refractivity contribution is -0.142. The first kappa shape index (κ1) is 24.6. The normalized spacial score (nSPS) is 16.7. The summed E-state index contributed by atoms with van der Waals surface area (Å²) in [6.45, 7) is 4.42. The number of esters is 1. The Bertz CT molecular complexity index is 928. The number of nitrogens with zero attached hydrogens (tertiary/aromatic N) is 2. The van der Waals surface area contributed by atoms with Crippen LogP contribution in [0.5, 0.6) is 0 Å². The van der Waals surface area contributed by atoms with Crippen LogP contribution in [0, 0.1) is 11.6 Å². The van der Waals surface area contributed by atoms with Crippen molar-refractivity contribution >= 4 is 35.0 Å². The van der Waals surface area contributed by atoms with Gasteiger partial charge in [-0.05, 0) is 13.0 Å². The SMILES string of the molecule is CCOC(=O)Cc1csc(SCC(=O)NC[C@H]2CN(Cc3ccc(F)cc3F)CCO2)n1. The van der Waals surface area contributed by atoms with Crippen LogP contribution >= 0.6 is 23.1 Å². The van der Waals surface area contributed by atoms with Gasteiger partial charge in [0, 0.05) is 43.2 Å². The van der Waals surface area contributed by atoms with Crippen molar-refractivity contribution in [1.29, 1.82) is 0 Å². The number of benzene rings is 1. The molecule has 1 atom stereocenters. The second-order valence-corrected chi connectivity index (χ2v) is 9.22. The van der Waals surface area contributed by atoms with Crippen molar-refractivity contribution < 1.29 is 27.8 Å². The maximum absolute atomic E-state index is 13.9. The minimum Gasteiger partial charge on any atom is -0.466 e. The first-order valence-corrected chi connectivity index (χ1v) is 12.1. The van der Waals surface area contributed by atoms with E-state index in [1.165, 1.54) is 35.2 Å². The number of aromatic nitrogens is 1. The molecule has 2 aromatic rings. The summed E-state index contributed by atoms with van der Waals surface area (Å²) in [5, 5.41) is 4.63. The standard InChI is InChI=1S/C21H25F2N3O4S2/c1-2-29-20(28)8-16-12-31-21(25-16)32-13-19(27)24-9-17-11-26(5-6-30-17)10-14-3-4-15(22)7-18(14)23/h3-4,7,12,17H,2,5-6,8-11,13H2,1H3,(H,24,27)/t17-/m0/s1. The minimum atomic E-state index is -0.598. The molecule has 1 aromatic carbocycles. The van der Waals surface area contributed by atoms with Gasteiger partial charge in [0.25, 0.3) is 0 Å². The number of ether oxygens (including phenoxy) is 2. The van der Waals surface area contributed by atoms with Gasteiger partial charge in [-0.2, -0.15) is 0 Å². The fourth-order valence-corrected chi connectivity index (χ4v) is 4.81. The van der Waals surface area contributed by atoms with Gasteiger partial charge in [-0.1, -0.05) is 17.8 Å². The van der Waals surface area contributed by atoms with Crippen LogP contribution < -0.4 is 5.32 Å². The molecule has 1 N–H and O–H groups in total. The van der Waals surface area contributed by atoms with Crippen LogP contribution in [0.1, 0.15) is 18.2 Å². The molecule has 11 heteroatoms. The van der Waals surface area contributed by atoms with E-state index < -0.39 is 11.6 Å². The summed E-state index contributed by atoms with van der Waals surface area (Å²) in [5.41, 5.74) is 1.06. The topological polar surface area (TPSA) is 80.8 Å². The van der Waals surface area contributed by atoms with Crippen LogP contribution in [0.2, 0.25) is 0 Å². The van der Waals surface area contributed by atoms with Gasteiger partial charge in [-0.3, -0.25) is 14.5 Å². The third-order valence-electron chi connectivity index (χ3n) is 4.65. The highest BCUT2D eigenvalue weighted by Gasteiger charge is 2.22. The zero-order valence-electron chi connectivity index (χ0n) is 17.6. The molecule has 0 saturated carbocycles. The van der Waals surface area contributed by atoms with Crippen molar-refractivity contribution in [2.45, 2.75) is 30.3 Å². The highest BCUT2D eigenvalue weighted by atomic mass is 32.2. The molecule has 0 bridgehead atoms. The van der Waals surface area contributed by atoms with Gasteiger partial charge in [-0.25, -0.2) is 13.8 Å². The first-order valence-electron chi connectivity index (χ1n) is 10.2. The van der Waals surface area contributed by atoms with Crippen molar-refractivity contribution in [3.63, 3.8) is 0 Å². The van der Waals surface area contributed by atoms with E-state index >= 15 is 0 Å². The molecule has 1 fully saturated rings. The van der Waals surface area contributed by atoms with Crippen molar-refractivity contribution in [3.8, 4) is 0 Å². The molecule has 174 valence electrons. The van der Waals surface area contributed by atoms with E-state index in [-0.39, 0.29) is 30.2 Å². The van der Waals surface area contributed by atoms with E-state index in [0.717, 1.165) is 6.07 Å². The Morgan fingerprint density at radius 3 is 3.03 bits per heavy atom. The average molecular weight is 486 g/mol. The Labute approximate surface area is 193 Å². The number of amides is 1. The zero-order chi connectivity index (χ0) is 22.9. The molecule has 0 aliphatic carbocycles. The molecule has 0 unspecified atom stereocenters. The monoisotopic (exact) mass is 485 g/mol. The van der Waals surface area contributed by atoms with Crippen LogP contribution in [0.25, 0.3) is 0 Å². The highest BCUT2D eigenvalue weighted by molar-refractivity contribution is 8.01. The Kier molecular flexibility index (Phi) is 9.39. The number of hydrogen-bond donors (Lipinski definition) is 1. The lowest BCUT2D eigenvalue weighted by atomic mass is 10.1. The summed E-state index contributed by atoms with van der Waals surface area (Å²) in [4.78, 5) is 30.0. The maximum atomic E-state index is 13.9. The predicted molar refractivity (Wildman–Crippen MR) is 118 cm³/mol. The number of carbonyl (C=O) groups excluding carboxylic acids is 2. The van der Waals surface area contributed by atoms with Crippen molar-refractivity contribution in [2.75, 3.05) is 38.6 Å². The molecule has 0 spiro atoms. The van der Waals surface area contributed by atoms with Crippen molar-refractivity contribution in [2.24, 2.45) is 0 Å². The predicted octanol–water partition coefficient (Wildman–Crippen LogP) is 2.64. The molecule has 1 amide bonds. The number of nitrogens with one attached hydrogen (secondary N) is 1. The summed E-state index contributed by atoms with van der Waals surface area (Å²) in [6.07, 6.45) is -0.0914. The highest BCUT2D eigenvalue weighted by Crippen LogP contribution is 2.23. The van der Waals surface area contributed by atoms with E-state index in [1.807, 2.05) is 4.90 Å². The number of morpholine rings is 1. The Hall–Kier alpha value is -2.08. The van der Waals surface area contributed by atoms with Crippen LogP contribution in [-0.4, -0.2) is 66.5 Å². The molecule has 1 aliphatic rings. The molecular weight excluding hydrogens is 460 g/mol. The third kappa shape index (κ3) is 7.80. The molecule has 0 radical (unpaired) electrons. The van der Waals surface area contributed by atoms with Crippen molar-refractivity contribution in [3.05, 3.63) is 46.5 Å². The van der Waals surface area contributed by atoms with Gasteiger partial charge < -0.3 is 14.8 Å². The van der Waals surface area contributed by atoms with Crippen LogP contribution in [-0.2, 0) is 32.0 Å². The summed E-state index contributed by atoms with van der Waals surface area (Å²) in [6, 6.07) is 3.58. The number of halogens is 2. The van der Waals surface area contributed by atoms with E-state index in [4.69, 9.17) is 9.47 Å². The van der Waals surface area contributed by atoms with Crippen LogP contribution in [0.3, 0.4) is 0 Å². The zero-order valence-corrected chi connectivity index (χ0v) is 19.3. The van der Waals surface area contributed by atoms with E-state index in [9.17, 15) is 18.4 Å². The smallest absolute Gasteiger partial charge is 0.311 e. The van der Waals surface area contributed by atoms with E-state index in [0.29, 0.717) is 55.0 Å².